The summed E-state index contributed by atoms with van der Waals surface area (Å²) in [6, 6.07) is 8.96. The molecule has 0 radical (unpaired) electrons. The van der Waals surface area contributed by atoms with Crippen LogP contribution in [0.3, 0.4) is 0 Å². The van der Waals surface area contributed by atoms with Gasteiger partial charge in [0.2, 0.25) is 5.90 Å². The smallest absolute Gasteiger partial charge is 0.214 e. The minimum Gasteiger partial charge on any atom is -0.482 e. The van der Waals surface area contributed by atoms with Gasteiger partial charge in [-0.05, 0) is 5.56 Å². The van der Waals surface area contributed by atoms with Crippen molar-refractivity contribution in [1.82, 2.24) is 0 Å². The van der Waals surface area contributed by atoms with E-state index in [2.05, 4.69) is 4.74 Å². The summed E-state index contributed by atoms with van der Waals surface area (Å²) in [6.07, 6.45) is -0.948. The Morgan fingerprint density at radius 2 is 1.92 bits per heavy atom. The molecule has 0 fully saturated rings. The molecule has 72 valence electrons. The predicted molar refractivity (Wildman–Crippen MR) is 53.4 cm³/mol. The van der Waals surface area contributed by atoms with Crippen molar-refractivity contribution < 1.29 is 9.84 Å². The normalized spacial score (nSPS) is 11.2. The van der Waals surface area contributed by atoms with E-state index in [0.29, 0.717) is 5.56 Å². The van der Waals surface area contributed by atoms with Crippen LogP contribution in [0.15, 0.2) is 30.3 Å². The Morgan fingerprint density at radius 3 is 2.38 bits per heavy atom. The fraction of sp³-hybridized carbons (Fsp3) is 0.222. The number of aliphatic hydroxyl groups is 1. The van der Waals surface area contributed by atoms with Crippen molar-refractivity contribution in [2.24, 2.45) is 0 Å². The van der Waals surface area contributed by atoms with Gasteiger partial charge in [-0.25, -0.2) is 0 Å². The molecule has 0 spiro atoms. The third kappa shape index (κ3) is 3.05. The summed E-state index contributed by atoms with van der Waals surface area (Å²) in [5, 5.41) is 16.6. The summed E-state index contributed by atoms with van der Waals surface area (Å²) in [6.45, 7) is 0. The maximum atomic E-state index is 9.44. The first-order chi connectivity index (χ1) is 5.75. The van der Waals surface area contributed by atoms with Crippen LogP contribution < -0.4 is 0 Å². The Balaban J connectivity index is 0.00000144. The fourth-order valence-electron chi connectivity index (χ4n) is 0.898. The van der Waals surface area contributed by atoms with E-state index in [-0.39, 0.29) is 18.3 Å². The standard InChI is InChI=1S/C9H11NO2.ClH/c1-12-9(10)8(11)7-5-3-2-4-6-7;/h2-6,8,10-11H,1H3;1H/t8-;/m0./s1. The lowest BCUT2D eigenvalue weighted by Gasteiger charge is -2.09. The van der Waals surface area contributed by atoms with Crippen LogP contribution in [0.1, 0.15) is 11.7 Å². The zero-order valence-corrected chi connectivity index (χ0v) is 8.04. The van der Waals surface area contributed by atoms with Crippen LogP contribution in [-0.2, 0) is 4.74 Å². The lowest BCUT2D eigenvalue weighted by Crippen LogP contribution is -2.12. The van der Waals surface area contributed by atoms with Crippen LogP contribution in [0.5, 0.6) is 0 Å². The van der Waals surface area contributed by atoms with E-state index in [4.69, 9.17) is 5.41 Å². The van der Waals surface area contributed by atoms with Gasteiger partial charge < -0.3 is 9.84 Å². The molecule has 1 atom stereocenters. The van der Waals surface area contributed by atoms with E-state index in [9.17, 15) is 5.11 Å². The van der Waals surface area contributed by atoms with Gasteiger partial charge in [0.25, 0.3) is 0 Å². The highest BCUT2D eigenvalue weighted by molar-refractivity contribution is 5.85. The second-order valence-corrected chi connectivity index (χ2v) is 2.38. The van der Waals surface area contributed by atoms with Crippen LogP contribution in [0.25, 0.3) is 0 Å². The molecule has 1 rings (SSSR count). The second kappa shape index (κ2) is 5.56. The van der Waals surface area contributed by atoms with Crippen LogP contribution in [0, 0.1) is 5.41 Å². The number of hydrogen-bond acceptors (Lipinski definition) is 3. The first-order valence-corrected chi connectivity index (χ1v) is 3.61. The number of ether oxygens (including phenoxy) is 1. The molecule has 1 aromatic rings. The number of benzene rings is 1. The quantitative estimate of drug-likeness (QED) is 0.566. The average Bonchev–Trinajstić information content (AvgIpc) is 2.17. The minimum atomic E-state index is -0.948. The topological polar surface area (TPSA) is 53.3 Å². The molecule has 0 heterocycles. The summed E-state index contributed by atoms with van der Waals surface area (Å²) in [5.74, 6) is -0.138. The van der Waals surface area contributed by atoms with Gasteiger partial charge in [-0.15, -0.1) is 12.4 Å². The van der Waals surface area contributed by atoms with Crippen LogP contribution in [0.2, 0.25) is 0 Å². The summed E-state index contributed by atoms with van der Waals surface area (Å²) in [5.41, 5.74) is 0.671. The molecule has 0 amide bonds. The third-order valence-electron chi connectivity index (χ3n) is 1.58. The van der Waals surface area contributed by atoms with Crippen LogP contribution in [0.4, 0.5) is 0 Å². The van der Waals surface area contributed by atoms with Crippen LogP contribution >= 0.6 is 12.4 Å². The number of rotatable bonds is 2. The van der Waals surface area contributed by atoms with E-state index in [0.717, 1.165) is 0 Å². The predicted octanol–water partition coefficient (Wildman–Crippen LogP) is 1.77. The maximum Gasteiger partial charge on any atom is 0.214 e. The van der Waals surface area contributed by atoms with E-state index in [1.165, 1.54) is 7.11 Å². The zero-order chi connectivity index (χ0) is 8.97. The molecule has 0 aliphatic rings. The number of hydrogen-bond donors (Lipinski definition) is 2. The lowest BCUT2D eigenvalue weighted by atomic mass is 10.1. The van der Waals surface area contributed by atoms with Crippen molar-refractivity contribution in [2.45, 2.75) is 6.10 Å². The molecular formula is C9H12ClNO2. The molecule has 0 aromatic heterocycles. The summed E-state index contributed by atoms with van der Waals surface area (Å²) in [4.78, 5) is 0. The molecule has 4 heteroatoms. The largest absolute Gasteiger partial charge is 0.482 e. The Kier molecular flexibility index (Phi) is 5.11. The highest BCUT2D eigenvalue weighted by Gasteiger charge is 2.12. The van der Waals surface area contributed by atoms with Crippen molar-refractivity contribution in [3.8, 4) is 0 Å². The van der Waals surface area contributed by atoms with E-state index in [1.807, 2.05) is 18.2 Å². The van der Waals surface area contributed by atoms with Gasteiger partial charge >= 0.3 is 0 Å². The van der Waals surface area contributed by atoms with Gasteiger partial charge in [0.15, 0.2) is 6.10 Å². The molecular weight excluding hydrogens is 190 g/mol. The molecule has 1 aromatic carbocycles. The van der Waals surface area contributed by atoms with E-state index >= 15 is 0 Å². The number of nitrogens with one attached hydrogen (secondary N) is 1. The summed E-state index contributed by atoms with van der Waals surface area (Å²) < 4.78 is 4.60. The molecule has 0 unspecified atom stereocenters. The highest BCUT2D eigenvalue weighted by Crippen LogP contribution is 2.12. The monoisotopic (exact) mass is 201 g/mol. The van der Waals surface area contributed by atoms with Gasteiger partial charge in [0, 0.05) is 0 Å². The van der Waals surface area contributed by atoms with Crippen molar-refractivity contribution >= 4 is 18.3 Å². The zero-order valence-electron chi connectivity index (χ0n) is 7.23. The molecule has 0 saturated carbocycles. The molecule has 13 heavy (non-hydrogen) atoms. The van der Waals surface area contributed by atoms with E-state index < -0.39 is 6.10 Å². The number of aliphatic hydroxyl groups excluding tert-OH is 1. The van der Waals surface area contributed by atoms with Gasteiger partial charge in [0.1, 0.15) is 0 Å². The molecule has 0 saturated heterocycles. The second-order valence-electron chi connectivity index (χ2n) is 2.38. The molecule has 3 nitrogen and oxygen atoms in total. The van der Waals surface area contributed by atoms with Crippen molar-refractivity contribution in [3.63, 3.8) is 0 Å². The average molecular weight is 202 g/mol. The summed E-state index contributed by atoms with van der Waals surface area (Å²) in [7, 11) is 1.37. The number of methoxy groups -OCH3 is 1. The Labute approximate surface area is 83.3 Å². The van der Waals surface area contributed by atoms with Crippen LogP contribution in [-0.4, -0.2) is 18.1 Å². The first-order valence-electron chi connectivity index (χ1n) is 3.61. The lowest BCUT2D eigenvalue weighted by molar-refractivity contribution is 0.205. The van der Waals surface area contributed by atoms with E-state index in [1.54, 1.807) is 12.1 Å². The maximum absolute atomic E-state index is 9.44. The van der Waals surface area contributed by atoms with Gasteiger partial charge in [-0.1, -0.05) is 30.3 Å². The Bertz CT molecular complexity index is 264. The molecule has 2 N–H and O–H groups in total. The summed E-state index contributed by atoms with van der Waals surface area (Å²) >= 11 is 0. The fourth-order valence-corrected chi connectivity index (χ4v) is 0.898. The SMILES string of the molecule is COC(=N)[C@@H](O)c1ccccc1.Cl. The van der Waals surface area contributed by atoms with Crippen molar-refractivity contribution in [2.75, 3.05) is 7.11 Å². The first kappa shape index (κ1) is 11.9. The Hall–Kier alpha value is -1.06. The number of halogens is 1. The molecule has 0 bridgehead atoms. The third-order valence-corrected chi connectivity index (χ3v) is 1.58. The van der Waals surface area contributed by atoms with Gasteiger partial charge in [0.05, 0.1) is 7.11 Å². The Morgan fingerprint density at radius 1 is 1.38 bits per heavy atom. The highest BCUT2D eigenvalue weighted by atomic mass is 35.5. The minimum absolute atomic E-state index is 0. The molecule has 0 aliphatic carbocycles. The van der Waals surface area contributed by atoms with Gasteiger partial charge in [-0.2, -0.15) is 0 Å². The van der Waals surface area contributed by atoms with Gasteiger partial charge in [-0.3, -0.25) is 5.41 Å². The van der Waals surface area contributed by atoms with Crippen molar-refractivity contribution in [1.29, 1.82) is 5.41 Å². The molecule has 0 aliphatic heterocycles. The van der Waals surface area contributed by atoms with Crippen molar-refractivity contribution in [3.05, 3.63) is 35.9 Å².